The molecular weight excluding hydrogens is 361 g/mol. The molecule has 1 atom stereocenters. The van der Waals surface area contributed by atoms with Gasteiger partial charge in [0.25, 0.3) is 5.91 Å². The second kappa shape index (κ2) is 6.76. The molecular formula is C18H15ClFN3O3. The van der Waals surface area contributed by atoms with Gasteiger partial charge in [0, 0.05) is 5.69 Å². The third-order valence-corrected chi connectivity index (χ3v) is 4.42. The number of hydrogen-bond acceptors (Lipinski definition) is 3. The Hall–Kier alpha value is -2.93. The molecule has 0 aliphatic carbocycles. The molecule has 0 aromatic heterocycles. The second-order valence-electron chi connectivity index (χ2n) is 5.99. The predicted octanol–water partition coefficient (Wildman–Crippen LogP) is 2.88. The lowest BCUT2D eigenvalue weighted by molar-refractivity contribution is -0.133. The van der Waals surface area contributed by atoms with E-state index in [9.17, 15) is 18.8 Å². The Morgan fingerprint density at radius 1 is 1.23 bits per heavy atom. The molecule has 0 radical (unpaired) electrons. The van der Waals surface area contributed by atoms with Crippen molar-refractivity contribution >= 4 is 35.1 Å². The van der Waals surface area contributed by atoms with Crippen molar-refractivity contribution in [1.82, 2.24) is 10.2 Å². The average Bonchev–Trinajstić information content (AvgIpc) is 2.83. The van der Waals surface area contributed by atoms with E-state index < -0.39 is 35.7 Å². The standard InChI is InChI=1S/C18H15ClFN3O3/c1-18(11-5-3-2-4-6-11)16(25)23(17(26)22-18)10-15(24)21-12-7-8-14(20)13(19)9-12/h2-9H,10H2,1H3,(H,21,24)(H,22,26)/t18-/m0/s1. The maximum Gasteiger partial charge on any atom is 0.325 e. The van der Waals surface area contributed by atoms with Crippen LogP contribution in [0.25, 0.3) is 0 Å². The molecule has 1 aliphatic heterocycles. The number of carbonyl (C=O) groups excluding carboxylic acids is 3. The highest BCUT2D eigenvalue weighted by Crippen LogP contribution is 2.28. The lowest BCUT2D eigenvalue weighted by Gasteiger charge is -2.22. The largest absolute Gasteiger partial charge is 0.325 e. The van der Waals surface area contributed by atoms with E-state index in [4.69, 9.17) is 11.6 Å². The molecule has 1 heterocycles. The Bertz CT molecular complexity index is 891. The van der Waals surface area contributed by atoms with E-state index in [0.29, 0.717) is 5.56 Å². The van der Waals surface area contributed by atoms with E-state index in [1.807, 2.05) is 0 Å². The van der Waals surface area contributed by atoms with Gasteiger partial charge < -0.3 is 10.6 Å². The molecule has 0 saturated carbocycles. The average molecular weight is 376 g/mol. The van der Waals surface area contributed by atoms with Crippen molar-refractivity contribution in [2.24, 2.45) is 0 Å². The highest BCUT2D eigenvalue weighted by Gasteiger charge is 2.49. The SMILES string of the molecule is C[C@@]1(c2ccccc2)NC(=O)N(CC(=O)Nc2ccc(F)c(Cl)c2)C1=O. The van der Waals surface area contributed by atoms with Crippen LogP contribution in [0.3, 0.4) is 0 Å². The highest BCUT2D eigenvalue weighted by molar-refractivity contribution is 6.31. The summed E-state index contributed by atoms with van der Waals surface area (Å²) >= 11 is 5.66. The molecule has 6 nitrogen and oxygen atoms in total. The minimum Gasteiger partial charge on any atom is -0.324 e. The minimum absolute atomic E-state index is 0.144. The maximum atomic E-state index is 13.2. The van der Waals surface area contributed by atoms with Crippen LogP contribution in [0.4, 0.5) is 14.9 Å². The predicted molar refractivity (Wildman–Crippen MR) is 94.1 cm³/mol. The number of halogens is 2. The van der Waals surface area contributed by atoms with Crippen LogP contribution in [0.2, 0.25) is 5.02 Å². The first kappa shape index (κ1) is 17.9. The molecule has 2 N–H and O–H groups in total. The molecule has 0 spiro atoms. The summed E-state index contributed by atoms with van der Waals surface area (Å²) in [5.74, 6) is -1.74. The van der Waals surface area contributed by atoms with Crippen LogP contribution >= 0.6 is 11.6 Å². The molecule has 1 saturated heterocycles. The Morgan fingerprint density at radius 3 is 2.58 bits per heavy atom. The van der Waals surface area contributed by atoms with E-state index in [1.165, 1.54) is 12.1 Å². The monoisotopic (exact) mass is 375 g/mol. The van der Waals surface area contributed by atoms with Crippen LogP contribution in [-0.2, 0) is 15.1 Å². The number of amides is 4. The number of urea groups is 1. The minimum atomic E-state index is -1.24. The van der Waals surface area contributed by atoms with Gasteiger partial charge in [0.05, 0.1) is 5.02 Å². The molecule has 2 aromatic carbocycles. The number of anilines is 1. The number of nitrogens with zero attached hydrogens (tertiary/aromatic N) is 1. The lowest BCUT2D eigenvalue weighted by Crippen LogP contribution is -2.42. The van der Waals surface area contributed by atoms with Crippen LogP contribution in [0, 0.1) is 5.82 Å². The van der Waals surface area contributed by atoms with Crippen molar-refractivity contribution in [1.29, 1.82) is 0 Å². The molecule has 134 valence electrons. The summed E-state index contributed by atoms with van der Waals surface area (Å²) in [5.41, 5.74) is -0.358. The normalized spacial score (nSPS) is 19.4. The van der Waals surface area contributed by atoms with Crippen molar-refractivity contribution in [3.8, 4) is 0 Å². The van der Waals surface area contributed by atoms with Gasteiger partial charge in [0.15, 0.2) is 0 Å². The van der Waals surface area contributed by atoms with Gasteiger partial charge in [0.2, 0.25) is 5.91 Å². The van der Waals surface area contributed by atoms with E-state index >= 15 is 0 Å². The topological polar surface area (TPSA) is 78.5 Å². The third kappa shape index (κ3) is 3.25. The summed E-state index contributed by atoms with van der Waals surface area (Å²) < 4.78 is 13.2. The van der Waals surface area contributed by atoms with Gasteiger partial charge in [-0.1, -0.05) is 41.9 Å². The first-order valence-corrected chi connectivity index (χ1v) is 8.13. The highest BCUT2D eigenvalue weighted by atomic mass is 35.5. The summed E-state index contributed by atoms with van der Waals surface area (Å²) in [6, 6.07) is 11.8. The molecule has 3 rings (SSSR count). The quantitative estimate of drug-likeness (QED) is 0.806. The Morgan fingerprint density at radius 2 is 1.92 bits per heavy atom. The number of benzene rings is 2. The number of imide groups is 1. The number of rotatable bonds is 4. The number of carbonyl (C=O) groups is 3. The molecule has 1 fully saturated rings. The Kier molecular flexibility index (Phi) is 4.65. The zero-order chi connectivity index (χ0) is 18.9. The van der Waals surface area contributed by atoms with Gasteiger partial charge in [-0.25, -0.2) is 9.18 Å². The number of nitrogens with one attached hydrogen (secondary N) is 2. The van der Waals surface area contributed by atoms with E-state index in [-0.39, 0.29) is 10.7 Å². The van der Waals surface area contributed by atoms with Crippen molar-refractivity contribution in [2.75, 3.05) is 11.9 Å². The smallest absolute Gasteiger partial charge is 0.324 e. The van der Waals surface area contributed by atoms with E-state index in [0.717, 1.165) is 11.0 Å². The lowest BCUT2D eigenvalue weighted by atomic mass is 9.92. The van der Waals surface area contributed by atoms with Gasteiger partial charge in [-0.15, -0.1) is 0 Å². The maximum absolute atomic E-state index is 13.2. The molecule has 4 amide bonds. The summed E-state index contributed by atoms with van der Waals surface area (Å²) in [6.45, 7) is 1.11. The molecule has 0 unspecified atom stereocenters. The van der Waals surface area contributed by atoms with Crippen molar-refractivity contribution in [3.05, 3.63) is 64.9 Å². The van der Waals surface area contributed by atoms with Crippen LogP contribution in [0.5, 0.6) is 0 Å². The fraction of sp³-hybridized carbons (Fsp3) is 0.167. The van der Waals surface area contributed by atoms with Crippen LogP contribution in [0.15, 0.2) is 48.5 Å². The Balaban J connectivity index is 1.73. The van der Waals surface area contributed by atoms with Crippen LogP contribution < -0.4 is 10.6 Å². The number of hydrogen-bond donors (Lipinski definition) is 2. The van der Waals surface area contributed by atoms with Crippen molar-refractivity contribution in [3.63, 3.8) is 0 Å². The summed E-state index contributed by atoms with van der Waals surface area (Å²) in [4.78, 5) is 37.9. The van der Waals surface area contributed by atoms with Crippen molar-refractivity contribution < 1.29 is 18.8 Å². The van der Waals surface area contributed by atoms with Crippen LogP contribution in [-0.4, -0.2) is 29.3 Å². The molecule has 2 aromatic rings. The second-order valence-corrected chi connectivity index (χ2v) is 6.40. The zero-order valence-electron chi connectivity index (χ0n) is 13.8. The van der Waals surface area contributed by atoms with E-state index in [1.54, 1.807) is 37.3 Å². The summed E-state index contributed by atoms with van der Waals surface area (Å²) in [5, 5.41) is 4.96. The van der Waals surface area contributed by atoms with Gasteiger partial charge in [0.1, 0.15) is 17.9 Å². The van der Waals surface area contributed by atoms with Crippen molar-refractivity contribution in [2.45, 2.75) is 12.5 Å². The van der Waals surface area contributed by atoms with Gasteiger partial charge >= 0.3 is 6.03 Å². The first-order valence-electron chi connectivity index (χ1n) is 7.76. The summed E-state index contributed by atoms with van der Waals surface area (Å²) in [7, 11) is 0. The van der Waals surface area contributed by atoms with Gasteiger partial charge in [-0.3, -0.25) is 14.5 Å². The molecule has 0 bridgehead atoms. The Labute approximate surface area is 153 Å². The fourth-order valence-corrected chi connectivity index (χ4v) is 2.91. The summed E-state index contributed by atoms with van der Waals surface area (Å²) in [6.07, 6.45) is 0. The van der Waals surface area contributed by atoms with Crippen LogP contribution in [0.1, 0.15) is 12.5 Å². The van der Waals surface area contributed by atoms with Gasteiger partial charge in [-0.2, -0.15) is 0 Å². The molecule has 8 heteroatoms. The third-order valence-electron chi connectivity index (χ3n) is 4.13. The van der Waals surface area contributed by atoms with E-state index in [2.05, 4.69) is 10.6 Å². The van der Waals surface area contributed by atoms with Gasteiger partial charge in [-0.05, 0) is 30.7 Å². The molecule has 1 aliphatic rings. The molecule has 26 heavy (non-hydrogen) atoms. The fourth-order valence-electron chi connectivity index (χ4n) is 2.73. The zero-order valence-corrected chi connectivity index (χ0v) is 14.5. The first-order chi connectivity index (χ1) is 12.3.